The van der Waals surface area contributed by atoms with E-state index in [9.17, 15) is 18.7 Å². The summed E-state index contributed by atoms with van der Waals surface area (Å²) in [6.45, 7) is 1.57. The zero-order valence-electron chi connectivity index (χ0n) is 21.7. The number of carboxylic acids is 1. The van der Waals surface area contributed by atoms with E-state index in [4.69, 9.17) is 19.5 Å². The van der Waals surface area contributed by atoms with Crippen LogP contribution in [0.4, 0.5) is 8.78 Å². The van der Waals surface area contributed by atoms with Crippen LogP contribution in [0.1, 0.15) is 27.0 Å². The Bertz CT molecular complexity index is 1540. The summed E-state index contributed by atoms with van der Waals surface area (Å²) in [5, 5.41) is 27.1. The average molecular weight is 532 g/mol. The average Bonchev–Trinajstić information content (AvgIpc) is 2.93. The number of carbonyl (C=O) groups is 1. The first-order valence-electron chi connectivity index (χ1n) is 12.2. The van der Waals surface area contributed by atoms with Crippen LogP contribution in [0.3, 0.4) is 0 Å². The monoisotopic (exact) mass is 532 g/mol. The van der Waals surface area contributed by atoms with Gasteiger partial charge in [-0.05, 0) is 83.5 Å². The van der Waals surface area contributed by atoms with Gasteiger partial charge in [-0.2, -0.15) is 0 Å². The quantitative estimate of drug-likeness (QED) is 0.320. The minimum Gasteiger partial charge on any atom is -0.493 e. The van der Waals surface area contributed by atoms with Gasteiger partial charge < -0.3 is 24.6 Å². The number of hydrogen-bond acceptors (Lipinski definition) is 5. The van der Waals surface area contributed by atoms with Crippen LogP contribution in [0.15, 0.2) is 66.7 Å². The molecule has 0 amide bonds. The summed E-state index contributed by atoms with van der Waals surface area (Å²) in [6.07, 6.45) is 1.52. The fourth-order valence-corrected chi connectivity index (χ4v) is 4.70. The number of carboxylic acid groups (broad SMARTS) is 1. The maximum atomic E-state index is 14.3. The van der Waals surface area contributed by atoms with Gasteiger partial charge in [0.1, 0.15) is 11.6 Å². The van der Waals surface area contributed by atoms with Gasteiger partial charge in [0, 0.05) is 11.0 Å². The second-order valence-corrected chi connectivity index (χ2v) is 9.06. The predicted octanol–water partition coefficient (Wildman–Crippen LogP) is 4.79. The molecule has 39 heavy (non-hydrogen) atoms. The summed E-state index contributed by atoms with van der Waals surface area (Å²) in [5.74, 6) is -0.848. The molecule has 4 aromatic rings. The van der Waals surface area contributed by atoms with Gasteiger partial charge in [0.15, 0.2) is 11.5 Å². The molecule has 0 saturated heterocycles. The van der Waals surface area contributed by atoms with Gasteiger partial charge in [0.2, 0.25) is 0 Å². The highest BCUT2D eigenvalue weighted by Gasteiger charge is 2.24. The van der Waals surface area contributed by atoms with Crippen molar-refractivity contribution in [3.63, 3.8) is 0 Å². The lowest BCUT2D eigenvalue weighted by Gasteiger charge is -2.23. The van der Waals surface area contributed by atoms with E-state index in [1.54, 1.807) is 63.6 Å². The molecule has 0 spiro atoms. The first-order chi connectivity index (χ1) is 18.7. The minimum absolute atomic E-state index is 0.0754. The van der Waals surface area contributed by atoms with Crippen molar-refractivity contribution in [1.29, 1.82) is 0 Å². The summed E-state index contributed by atoms with van der Waals surface area (Å²) < 4.78 is 38.1. The van der Waals surface area contributed by atoms with Gasteiger partial charge in [-0.3, -0.25) is 0 Å². The van der Waals surface area contributed by atoms with Crippen LogP contribution in [0.5, 0.6) is 11.5 Å². The summed E-state index contributed by atoms with van der Waals surface area (Å²) in [6, 6.07) is 18.0. The van der Waals surface area contributed by atoms with E-state index < -0.39 is 24.7 Å². The molecule has 0 saturated carbocycles. The molecule has 0 atom stereocenters. The van der Waals surface area contributed by atoms with E-state index in [1.165, 1.54) is 12.1 Å². The zero-order chi connectivity index (χ0) is 28.3. The lowest BCUT2D eigenvalue weighted by Crippen LogP contribution is -2.33. The van der Waals surface area contributed by atoms with Crippen molar-refractivity contribution in [2.45, 2.75) is 19.8 Å². The highest BCUT2D eigenvalue weighted by atomic mass is 19.1. The predicted molar refractivity (Wildman–Crippen MR) is 146 cm³/mol. The fourth-order valence-electron chi connectivity index (χ4n) is 4.70. The van der Waals surface area contributed by atoms with Crippen LogP contribution in [0.2, 0.25) is 0 Å². The molecule has 0 fully saturated rings. The summed E-state index contributed by atoms with van der Waals surface area (Å²) in [7, 11) is 1.43. The van der Waals surface area contributed by atoms with Crippen molar-refractivity contribution in [3.8, 4) is 33.8 Å². The van der Waals surface area contributed by atoms with Crippen LogP contribution >= 0.6 is 0 Å². The van der Waals surface area contributed by atoms with E-state index in [-0.39, 0.29) is 11.0 Å². The Kier molecular flexibility index (Phi) is 8.33. The molecule has 3 N–H and O–H groups in total. The van der Waals surface area contributed by atoms with Crippen LogP contribution in [0, 0.1) is 18.6 Å². The number of fused-ring (bicyclic) bond motifs is 3. The number of aromatic carboxylic acids is 1. The molecule has 0 radical (unpaired) electrons. The zero-order valence-corrected chi connectivity index (χ0v) is 21.7. The van der Waals surface area contributed by atoms with Crippen LogP contribution in [0.25, 0.3) is 22.3 Å². The van der Waals surface area contributed by atoms with Crippen LogP contribution in [-0.4, -0.2) is 42.5 Å². The largest absolute Gasteiger partial charge is 0.493 e. The third-order valence-corrected chi connectivity index (χ3v) is 6.70. The molecule has 6 nitrogen and oxygen atoms in total. The van der Waals surface area contributed by atoms with Crippen LogP contribution < -0.4 is 14.9 Å². The fraction of sp³-hybridized carbons (Fsp3) is 0.167. The summed E-state index contributed by atoms with van der Waals surface area (Å²) in [5.41, 5.74) is 4.91. The minimum atomic E-state index is -1.73. The molecular formula is C30H27BF2O6. The number of halogens is 2. The van der Waals surface area contributed by atoms with Gasteiger partial charge >= 0.3 is 13.1 Å². The maximum absolute atomic E-state index is 14.3. The number of aryl methyl sites for hydroxylation is 3. The topological polar surface area (TPSA) is 96.2 Å². The first kappa shape index (κ1) is 27.8. The Balaban J connectivity index is 0.000000270. The molecular weight excluding hydrogens is 505 g/mol. The molecule has 9 heteroatoms. The number of rotatable bonds is 5. The molecule has 0 aromatic heterocycles. The van der Waals surface area contributed by atoms with Gasteiger partial charge in [-0.25, -0.2) is 13.6 Å². The smallest absolute Gasteiger partial charge is 0.491 e. The molecule has 0 heterocycles. The standard InChI is InChI=1S/C23H19FO4.C7H8BFO2/c1-27-21-10-14-8-7-13-9-18(15-5-3-4-6-20(15)24)19(23(25)26)11-16(13)17(14)12-22(21)28-2;1-5-3-2-4-6(7(5)9)8(10)11/h3-6,9-12H,7-8H2,1-2H3,(H,25,26);2-4,10-11H,1H3. The maximum Gasteiger partial charge on any atom is 0.491 e. The first-order valence-corrected chi connectivity index (χ1v) is 12.2. The molecule has 0 aliphatic heterocycles. The lowest BCUT2D eigenvalue weighted by atomic mass is 9.79. The highest BCUT2D eigenvalue weighted by molar-refractivity contribution is 6.58. The Morgan fingerprint density at radius 2 is 1.41 bits per heavy atom. The Labute approximate surface area is 225 Å². The van der Waals surface area contributed by atoms with E-state index in [0.717, 1.165) is 35.1 Å². The van der Waals surface area contributed by atoms with Gasteiger partial charge in [-0.15, -0.1) is 0 Å². The molecule has 4 aromatic carbocycles. The van der Waals surface area contributed by atoms with Crippen molar-refractivity contribution >= 4 is 18.6 Å². The normalized spacial score (nSPS) is 11.5. The Hall–Kier alpha value is -4.21. The lowest BCUT2D eigenvalue weighted by molar-refractivity contribution is 0.0697. The van der Waals surface area contributed by atoms with Gasteiger partial charge in [0.05, 0.1) is 19.8 Å². The summed E-state index contributed by atoms with van der Waals surface area (Å²) in [4.78, 5) is 12.0. The van der Waals surface area contributed by atoms with Crippen LogP contribution in [-0.2, 0) is 12.8 Å². The second kappa shape index (κ2) is 11.7. The van der Waals surface area contributed by atoms with Crippen molar-refractivity contribution in [2.24, 2.45) is 0 Å². The second-order valence-electron chi connectivity index (χ2n) is 9.06. The number of hydrogen-bond donors (Lipinski definition) is 3. The third-order valence-electron chi connectivity index (χ3n) is 6.70. The molecule has 5 rings (SSSR count). The molecule has 0 unspecified atom stereocenters. The van der Waals surface area contributed by atoms with E-state index in [1.807, 2.05) is 12.1 Å². The molecule has 0 bridgehead atoms. The third kappa shape index (κ3) is 5.65. The highest BCUT2D eigenvalue weighted by Crippen LogP contribution is 2.43. The van der Waals surface area contributed by atoms with Gasteiger partial charge in [-0.1, -0.05) is 36.4 Å². The van der Waals surface area contributed by atoms with E-state index >= 15 is 0 Å². The summed E-state index contributed by atoms with van der Waals surface area (Å²) >= 11 is 0. The number of benzene rings is 4. The molecule has 1 aliphatic carbocycles. The SMILES string of the molecule is COc1cc2c(cc1OC)-c1cc(C(=O)O)c(-c3ccccc3F)cc1CC2.Cc1cccc(B(O)O)c1F. The van der Waals surface area contributed by atoms with Gasteiger partial charge in [0.25, 0.3) is 0 Å². The molecule has 1 aliphatic rings. The Morgan fingerprint density at radius 3 is 2.00 bits per heavy atom. The van der Waals surface area contributed by atoms with Crippen molar-refractivity contribution in [1.82, 2.24) is 0 Å². The van der Waals surface area contributed by atoms with E-state index in [0.29, 0.717) is 28.2 Å². The van der Waals surface area contributed by atoms with Crippen molar-refractivity contribution in [2.75, 3.05) is 14.2 Å². The Morgan fingerprint density at radius 1 is 0.795 bits per heavy atom. The van der Waals surface area contributed by atoms with Crippen molar-refractivity contribution in [3.05, 3.63) is 101 Å². The number of ether oxygens (including phenoxy) is 2. The number of methoxy groups -OCH3 is 2. The van der Waals surface area contributed by atoms with E-state index in [2.05, 4.69) is 0 Å². The van der Waals surface area contributed by atoms with Crippen molar-refractivity contribution < 1.29 is 38.2 Å². The molecule has 200 valence electrons.